The molecule has 0 unspecified atom stereocenters. The van der Waals surface area contributed by atoms with Crippen LogP contribution in [0.5, 0.6) is 23.0 Å². The van der Waals surface area contributed by atoms with E-state index in [1.54, 1.807) is 30.3 Å². The maximum Gasteiger partial charge on any atom is 0.127 e. The van der Waals surface area contributed by atoms with Crippen molar-refractivity contribution in [3.63, 3.8) is 0 Å². The summed E-state index contributed by atoms with van der Waals surface area (Å²) in [7, 11) is 0. The third-order valence-electron chi connectivity index (χ3n) is 5.13. The zero-order chi connectivity index (χ0) is 22.2. The second-order valence-electron chi connectivity index (χ2n) is 7.39. The Morgan fingerprint density at radius 3 is 2.23 bits per heavy atom. The van der Waals surface area contributed by atoms with Gasteiger partial charge in [-0.1, -0.05) is 38.5 Å². The standard InChI is InChI=1S/C26H29FO4/c1-3-7-21-23(28)8-5-9-25(21)30-14-6-15-31-26-17-24(29)22(16-18(26)4-2)19-10-12-20(27)13-11-19/h5,8-13,16-17,28-29H,3-4,6-7,14-15H2,1-2H3. The molecule has 0 fully saturated rings. The second-order valence-corrected chi connectivity index (χ2v) is 7.39. The molecule has 0 saturated heterocycles. The van der Waals surface area contributed by atoms with Gasteiger partial charge in [0.15, 0.2) is 0 Å². The Morgan fingerprint density at radius 2 is 1.55 bits per heavy atom. The molecule has 0 amide bonds. The molecule has 4 nitrogen and oxygen atoms in total. The van der Waals surface area contributed by atoms with Gasteiger partial charge in [0.05, 0.1) is 13.2 Å². The predicted octanol–water partition coefficient (Wildman–Crippen LogP) is 6.27. The van der Waals surface area contributed by atoms with E-state index in [-0.39, 0.29) is 17.3 Å². The molecule has 31 heavy (non-hydrogen) atoms. The summed E-state index contributed by atoms with van der Waals surface area (Å²) >= 11 is 0. The zero-order valence-corrected chi connectivity index (χ0v) is 18.0. The lowest BCUT2D eigenvalue weighted by Crippen LogP contribution is -2.07. The van der Waals surface area contributed by atoms with Crippen molar-refractivity contribution < 1.29 is 24.1 Å². The summed E-state index contributed by atoms with van der Waals surface area (Å²) in [6.07, 6.45) is 3.08. The highest BCUT2D eigenvalue weighted by Gasteiger charge is 2.12. The topological polar surface area (TPSA) is 58.9 Å². The largest absolute Gasteiger partial charge is 0.508 e. The maximum absolute atomic E-state index is 13.2. The normalized spacial score (nSPS) is 10.8. The van der Waals surface area contributed by atoms with Crippen LogP contribution in [-0.4, -0.2) is 23.4 Å². The first-order chi connectivity index (χ1) is 15.0. The fourth-order valence-electron chi connectivity index (χ4n) is 3.50. The van der Waals surface area contributed by atoms with Gasteiger partial charge in [0.2, 0.25) is 0 Å². The molecule has 0 saturated carbocycles. The highest BCUT2D eigenvalue weighted by Crippen LogP contribution is 2.36. The first-order valence-electron chi connectivity index (χ1n) is 10.7. The third-order valence-corrected chi connectivity index (χ3v) is 5.13. The number of halogens is 1. The van der Waals surface area contributed by atoms with Gasteiger partial charge in [-0.2, -0.15) is 0 Å². The fourth-order valence-corrected chi connectivity index (χ4v) is 3.50. The van der Waals surface area contributed by atoms with Gasteiger partial charge in [0, 0.05) is 23.6 Å². The van der Waals surface area contributed by atoms with E-state index in [0.29, 0.717) is 36.7 Å². The third kappa shape index (κ3) is 5.69. The highest BCUT2D eigenvalue weighted by atomic mass is 19.1. The molecule has 3 aromatic carbocycles. The number of aryl methyl sites for hydroxylation is 1. The van der Waals surface area contributed by atoms with E-state index in [1.807, 2.05) is 19.1 Å². The quantitative estimate of drug-likeness (QED) is 0.377. The van der Waals surface area contributed by atoms with Gasteiger partial charge in [-0.25, -0.2) is 4.39 Å². The van der Waals surface area contributed by atoms with Crippen LogP contribution in [0.2, 0.25) is 0 Å². The summed E-state index contributed by atoms with van der Waals surface area (Å²) in [6.45, 7) is 4.98. The molecule has 0 aliphatic heterocycles. The van der Waals surface area contributed by atoms with Crippen LogP contribution in [0.3, 0.4) is 0 Å². The van der Waals surface area contributed by atoms with Crippen molar-refractivity contribution in [3.05, 3.63) is 71.5 Å². The lowest BCUT2D eigenvalue weighted by molar-refractivity contribution is 0.244. The number of phenolic OH excluding ortho intramolecular Hbond substituents is 2. The van der Waals surface area contributed by atoms with Crippen molar-refractivity contribution in [1.82, 2.24) is 0 Å². The van der Waals surface area contributed by atoms with Crippen molar-refractivity contribution in [2.75, 3.05) is 13.2 Å². The van der Waals surface area contributed by atoms with E-state index in [4.69, 9.17) is 9.47 Å². The van der Waals surface area contributed by atoms with Crippen LogP contribution in [0, 0.1) is 5.82 Å². The molecule has 2 N–H and O–H groups in total. The van der Waals surface area contributed by atoms with E-state index in [0.717, 1.165) is 36.0 Å². The number of rotatable bonds is 10. The maximum atomic E-state index is 13.2. The van der Waals surface area contributed by atoms with E-state index in [1.165, 1.54) is 12.1 Å². The minimum Gasteiger partial charge on any atom is -0.508 e. The minimum absolute atomic E-state index is 0.0963. The van der Waals surface area contributed by atoms with Gasteiger partial charge < -0.3 is 19.7 Å². The Morgan fingerprint density at radius 1 is 0.839 bits per heavy atom. The monoisotopic (exact) mass is 424 g/mol. The summed E-state index contributed by atoms with van der Waals surface area (Å²) in [5.41, 5.74) is 3.21. The van der Waals surface area contributed by atoms with E-state index in [2.05, 4.69) is 6.92 Å². The van der Waals surface area contributed by atoms with Crippen molar-refractivity contribution >= 4 is 0 Å². The van der Waals surface area contributed by atoms with E-state index in [9.17, 15) is 14.6 Å². The summed E-state index contributed by atoms with van der Waals surface area (Å²) in [5, 5.41) is 20.5. The summed E-state index contributed by atoms with van der Waals surface area (Å²) in [5.74, 6) is 1.39. The number of phenols is 2. The first-order valence-corrected chi connectivity index (χ1v) is 10.7. The van der Waals surface area contributed by atoms with Crippen LogP contribution in [0.1, 0.15) is 37.8 Å². The molecular formula is C26H29FO4. The number of ether oxygens (including phenoxy) is 2. The van der Waals surface area contributed by atoms with Crippen LogP contribution in [0.4, 0.5) is 4.39 Å². The van der Waals surface area contributed by atoms with Gasteiger partial charge in [-0.3, -0.25) is 0 Å². The summed E-state index contributed by atoms with van der Waals surface area (Å²) in [4.78, 5) is 0. The van der Waals surface area contributed by atoms with Crippen LogP contribution in [-0.2, 0) is 12.8 Å². The molecule has 0 spiro atoms. The van der Waals surface area contributed by atoms with Crippen molar-refractivity contribution in [3.8, 4) is 34.1 Å². The molecule has 0 atom stereocenters. The Labute approximate surface area is 182 Å². The SMILES string of the molecule is CCCc1c(O)cccc1OCCCOc1cc(O)c(-c2ccc(F)cc2)cc1CC. The van der Waals surface area contributed by atoms with E-state index >= 15 is 0 Å². The number of aromatic hydroxyl groups is 2. The Hall–Kier alpha value is -3.21. The molecule has 0 aliphatic rings. The van der Waals surface area contributed by atoms with Crippen molar-refractivity contribution in [1.29, 1.82) is 0 Å². The lowest BCUT2D eigenvalue weighted by atomic mass is 10.00. The lowest BCUT2D eigenvalue weighted by Gasteiger charge is -2.15. The van der Waals surface area contributed by atoms with Gasteiger partial charge in [0.1, 0.15) is 28.8 Å². The minimum atomic E-state index is -0.311. The predicted molar refractivity (Wildman–Crippen MR) is 121 cm³/mol. The molecule has 0 aliphatic carbocycles. The summed E-state index contributed by atoms with van der Waals surface area (Å²) in [6, 6.07) is 14.9. The Kier molecular flexibility index (Phi) is 7.76. The van der Waals surface area contributed by atoms with Crippen LogP contribution in [0.25, 0.3) is 11.1 Å². The van der Waals surface area contributed by atoms with Crippen LogP contribution in [0.15, 0.2) is 54.6 Å². The Bertz CT molecular complexity index is 999. The highest BCUT2D eigenvalue weighted by molar-refractivity contribution is 5.72. The zero-order valence-electron chi connectivity index (χ0n) is 18.0. The molecule has 3 aromatic rings. The fraction of sp³-hybridized carbons (Fsp3) is 0.308. The average molecular weight is 425 g/mol. The van der Waals surface area contributed by atoms with Gasteiger partial charge >= 0.3 is 0 Å². The molecule has 5 heteroatoms. The smallest absolute Gasteiger partial charge is 0.127 e. The summed E-state index contributed by atoms with van der Waals surface area (Å²) < 4.78 is 25.0. The molecule has 3 rings (SSSR count). The van der Waals surface area contributed by atoms with E-state index < -0.39 is 0 Å². The number of hydrogen-bond acceptors (Lipinski definition) is 4. The van der Waals surface area contributed by atoms with Crippen LogP contribution >= 0.6 is 0 Å². The average Bonchev–Trinajstić information content (AvgIpc) is 2.76. The molecular weight excluding hydrogens is 395 g/mol. The molecule has 0 heterocycles. The van der Waals surface area contributed by atoms with Crippen LogP contribution < -0.4 is 9.47 Å². The van der Waals surface area contributed by atoms with Gasteiger partial charge in [-0.15, -0.1) is 0 Å². The molecule has 0 aromatic heterocycles. The van der Waals surface area contributed by atoms with Crippen molar-refractivity contribution in [2.24, 2.45) is 0 Å². The van der Waals surface area contributed by atoms with Gasteiger partial charge in [0.25, 0.3) is 0 Å². The van der Waals surface area contributed by atoms with Gasteiger partial charge in [-0.05, 0) is 54.3 Å². The molecule has 0 bridgehead atoms. The second kappa shape index (κ2) is 10.7. The number of hydrogen-bond donors (Lipinski definition) is 2. The first kappa shape index (κ1) is 22.5. The molecule has 164 valence electrons. The number of benzene rings is 3. The van der Waals surface area contributed by atoms with Crippen molar-refractivity contribution in [2.45, 2.75) is 39.5 Å². The Balaban J connectivity index is 1.60. The molecule has 0 radical (unpaired) electrons.